The minimum atomic E-state index is -0.303. The van der Waals surface area contributed by atoms with E-state index in [4.69, 9.17) is 4.74 Å². The number of aryl methyl sites for hydroxylation is 1. The normalized spacial score (nSPS) is 25.9. The van der Waals surface area contributed by atoms with E-state index in [-0.39, 0.29) is 30.4 Å². The second kappa shape index (κ2) is 5.95. The molecular weight excluding hydrogens is 268 g/mol. The predicted molar refractivity (Wildman–Crippen MR) is 77.8 cm³/mol. The number of imide groups is 1. The standard InChI is InChI=1S/C16H20N2O3/c1-11-4-6-12(7-5-11)18-15(19)9-14(16(18)20)17-10-13-3-2-8-21-13/h4-7,13-14,17H,2-3,8-10H2,1H3/p+1/t13-,14+/m0/s1. The number of ether oxygens (including phenoxy) is 1. The van der Waals surface area contributed by atoms with Crippen LogP contribution >= 0.6 is 0 Å². The molecule has 3 rings (SSSR count). The summed E-state index contributed by atoms with van der Waals surface area (Å²) >= 11 is 0. The summed E-state index contributed by atoms with van der Waals surface area (Å²) in [6, 6.07) is 7.18. The summed E-state index contributed by atoms with van der Waals surface area (Å²) < 4.78 is 5.56. The predicted octanol–water partition coefficient (Wildman–Crippen LogP) is 0.369. The molecule has 0 bridgehead atoms. The van der Waals surface area contributed by atoms with E-state index in [2.05, 4.69) is 0 Å². The highest BCUT2D eigenvalue weighted by Crippen LogP contribution is 2.22. The minimum Gasteiger partial charge on any atom is -0.372 e. The Balaban J connectivity index is 1.65. The van der Waals surface area contributed by atoms with E-state index in [0.717, 1.165) is 31.6 Å². The fourth-order valence-corrected chi connectivity index (χ4v) is 2.95. The van der Waals surface area contributed by atoms with Crippen LogP contribution in [0.15, 0.2) is 24.3 Å². The van der Waals surface area contributed by atoms with Crippen LogP contribution in [0.1, 0.15) is 24.8 Å². The zero-order valence-corrected chi connectivity index (χ0v) is 12.2. The summed E-state index contributed by atoms with van der Waals surface area (Å²) in [4.78, 5) is 25.9. The molecule has 5 heteroatoms. The first-order valence-electron chi connectivity index (χ1n) is 7.53. The average molecular weight is 289 g/mol. The van der Waals surface area contributed by atoms with Gasteiger partial charge in [0, 0.05) is 6.61 Å². The number of nitrogens with zero attached hydrogens (tertiary/aromatic N) is 1. The van der Waals surface area contributed by atoms with E-state index >= 15 is 0 Å². The van der Waals surface area contributed by atoms with Crippen molar-refractivity contribution >= 4 is 17.5 Å². The zero-order valence-electron chi connectivity index (χ0n) is 12.2. The van der Waals surface area contributed by atoms with Crippen LogP contribution in [-0.4, -0.2) is 37.1 Å². The van der Waals surface area contributed by atoms with E-state index in [1.807, 2.05) is 36.5 Å². The monoisotopic (exact) mass is 289 g/mol. The van der Waals surface area contributed by atoms with E-state index in [9.17, 15) is 9.59 Å². The Morgan fingerprint density at radius 1 is 1.29 bits per heavy atom. The van der Waals surface area contributed by atoms with Gasteiger partial charge in [-0.05, 0) is 31.9 Å². The molecule has 2 N–H and O–H groups in total. The first-order chi connectivity index (χ1) is 10.1. The Morgan fingerprint density at radius 3 is 2.71 bits per heavy atom. The second-order valence-corrected chi connectivity index (χ2v) is 5.82. The van der Waals surface area contributed by atoms with Gasteiger partial charge in [0.15, 0.2) is 6.04 Å². The molecule has 2 fully saturated rings. The topological polar surface area (TPSA) is 63.2 Å². The van der Waals surface area contributed by atoms with Crippen molar-refractivity contribution < 1.29 is 19.6 Å². The third kappa shape index (κ3) is 2.99. The SMILES string of the molecule is Cc1ccc(N2C(=O)C[C@@H]([NH2+]C[C@@H]3CCCO3)C2=O)cc1. The summed E-state index contributed by atoms with van der Waals surface area (Å²) in [6.45, 7) is 3.55. The van der Waals surface area contributed by atoms with Crippen LogP contribution in [0, 0.1) is 6.92 Å². The van der Waals surface area contributed by atoms with Gasteiger partial charge >= 0.3 is 0 Å². The molecule has 112 valence electrons. The van der Waals surface area contributed by atoms with Gasteiger partial charge in [0.05, 0.1) is 12.1 Å². The summed E-state index contributed by atoms with van der Waals surface area (Å²) in [7, 11) is 0. The van der Waals surface area contributed by atoms with Gasteiger partial charge in [-0.25, -0.2) is 4.90 Å². The molecule has 1 aromatic rings. The number of amides is 2. The molecule has 0 unspecified atom stereocenters. The van der Waals surface area contributed by atoms with Crippen molar-refractivity contribution in [1.82, 2.24) is 0 Å². The maximum Gasteiger partial charge on any atom is 0.292 e. The molecule has 2 aliphatic heterocycles. The number of hydrogen-bond acceptors (Lipinski definition) is 3. The number of quaternary nitrogens is 1. The minimum absolute atomic E-state index is 0.109. The third-order valence-electron chi connectivity index (χ3n) is 4.18. The van der Waals surface area contributed by atoms with Crippen molar-refractivity contribution in [3.8, 4) is 0 Å². The molecule has 5 nitrogen and oxygen atoms in total. The van der Waals surface area contributed by atoms with Crippen molar-refractivity contribution in [1.29, 1.82) is 0 Å². The lowest BCUT2D eigenvalue weighted by molar-refractivity contribution is -0.680. The Morgan fingerprint density at radius 2 is 2.05 bits per heavy atom. The lowest BCUT2D eigenvalue weighted by Crippen LogP contribution is -2.93. The van der Waals surface area contributed by atoms with Crippen molar-refractivity contribution in [2.45, 2.75) is 38.3 Å². The molecule has 1 aromatic carbocycles. The number of nitrogens with two attached hydrogens (primary N) is 1. The van der Waals surface area contributed by atoms with E-state index < -0.39 is 0 Å². The molecule has 0 radical (unpaired) electrons. The number of carbonyl (C=O) groups excluding carboxylic acids is 2. The lowest BCUT2D eigenvalue weighted by atomic mass is 10.2. The van der Waals surface area contributed by atoms with Gasteiger partial charge in [-0.1, -0.05) is 17.7 Å². The molecule has 21 heavy (non-hydrogen) atoms. The smallest absolute Gasteiger partial charge is 0.292 e. The first-order valence-corrected chi connectivity index (χ1v) is 7.53. The maximum atomic E-state index is 12.4. The number of rotatable bonds is 4. The van der Waals surface area contributed by atoms with Gasteiger partial charge in [0.25, 0.3) is 5.91 Å². The molecular formula is C16H21N2O3+. The van der Waals surface area contributed by atoms with Crippen LogP contribution in [0.25, 0.3) is 0 Å². The molecule has 2 aliphatic rings. The van der Waals surface area contributed by atoms with Crippen molar-refractivity contribution in [2.75, 3.05) is 18.1 Å². The number of anilines is 1. The maximum absolute atomic E-state index is 12.4. The Kier molecular flexibility index (Phi) is 4.03. The summed E-state index contributed by atoms with van der Waals surface area (Å²) in [5.74, 6) is -0.223. The molecule has 0 aromatic heterocycles. The van der Waals surface area contributed by atoms with E-state index in [1.54, 1.807) is 0 Å². The second-order valence-electron chi connectivity index (χ2n) is 5.82. The van der Waals surface area contributed by atoms with Gasteiger partial charge in [-0.15, -0.1) is 0 Å². The summed E-state index contributed by atoms with van der Waals surface area (Å²) in [5.41, 5.74) is 1.78. The van der Waals surface area contributed by atoms with Gasteiger partial charge < -0.3 is 10.1 Å². The molecule has 2 saturated heterocycles. The third-order valence-corrected chi connectivity index (χ3v) is 4.18. The number of carbonyl (C=O) groups is 2. The van der Waals surface area contributed by atoms with Crippen LogP contribution < -0.4 is 10.2 Å². The fraction of sp³-hybridized carbons (Fsp3) is 0.500. The summed E-state index contributed by atoms with van der Waals surface area (Å²) in [5, 5.41) is 1.96. The average Bonchev–Trinajstić information content (AvgIpc) is 3.07. The van der Waals surface area contributed by atoms with Crippen molar-refractivity contribution in [2.24, 2.45) is 0 Å². The molecule has 2 amide bonds. The van der Waals surface area contributed by atoms with Crippen LogP contribution in [0.3, 0.4) is 0 Å². The Bertz CT molecular complexity index is 535. The summed E-state index contributed by atoms with van der Waals surface area (Å²) in [6.07, 6.45) is 2.64. The van der Waals surface area contributed by atoms with Crippen molar-refractivity contribution in [3.63, 3.8) is 0 Å². The highest BCUT2D eigenvalue weighted by atomic mass is 16.5. The van der Waals surface area contributed by atoms with Crippen LogP contribution in [0.2, 0.25) is 0 Å². The van der Waals surface area contributed by atoms with Gasteiger partial charge in [0.1, 0.15) is 12.6 Å². The quantitative estimate of drug-likeness (QED) is 0.815. The van der Waals surface area contributed by atoms with Crippen LogP contribution in [0.4, 0.5) is 5.69 Å². The molecule has 2 heterocycles. The van der Waals surface area contributed by atoms with Crippen LogP contribution in [0.5, 0.6) is 0 Å². The van der Waals surface area contributed by atoms with Gasteiger partial charge in [-0.3, -0.25) is 9.59 Å². The molecule has 0 saturated carbocycles. The van der Waals surface area contributed by atoms with E-state index in [0.29, 0.717) is 5.69 Å². The van der Waals surface area contributed by atoms with E-state index in [1.165, 1.54) is 4.90 Å². The Hall–Kier alpha value is -1.72. The van der Waals surface area contributed by atoms with Crippen LogP contribution in [-0.2, 0) is 14.3 Å². The molecule has 0 aliphatic carbocycles. The molecule has 0 spiro atoms. The first kappa shape index (κ1) is 14.2. The van der Waals surface area contributed by atoms with Gasteiger partial charge in [-0.2, -0.15) is 0 Å². The largest absolute Gasteiger partial charge is 0.372 e. The highest BCUT2D eigenvalue weighted by Gasteiger charge is 2.42. The lowest BCUT2D eigenvalue weighted by Gasteiger charge is -2.15. The van der Waals surface area contributed by atoms with Gasteiger partial charge in [0.2, 0.25) is 5.91 Å². The molecule has 2 atom stereocenters. The number of hydrogen-bond donors (Lipinski definition) is 1. The Labute approximate surface area is 124 Å². The van der Waals surface area contributed by atoms with Crippen molar-refractivity contribution in [3.05, 3.63) is 29.8 Å². The zero-order chi connectivity index (χ0) is 14.8. The highest BCUT2D eigenvalue weighted by molar-refractivity contribution is 6.21. The fourth-order valence-electron chi connectivity index (χ4n) is 2.95. The number of benzene rings is 1.